The molecule has 0 bridgehead atoms. The molecule has 0 atom stereocenters. The maximum atomic E-state index is 8.17. The van der Waals surface area contributed by atoms with Gasteiger partial charge >= 0.3 is 0 Å². The molecule has 0 rings (SSSR count). The van der Waals surface area contributed by atoms with Crippen molar-refractivity contribution in [2.45, 2.75) is 6.92 Å². The first-order valence-electron chi connectivity index (χ1n) is 3.53. The van der Waals surface area contributed by atoms with Crippen LogP contribution in [0.15, 0.2) is 48.8 Å². The Labute approximate surface area is 72.8 Å². The van der Waals surface area contributed by atoms with Crippen molar-refractivity contribution in [3.63, 3.8) is 0 Å². The van der Waals surface area contributed by atoms with Gasteiger partial charge in [-0.1, -0.05) is 30.9 Å². The fourth-order valence-corrected chi connectivity index (χ4v) is 0.522. The molecular formula is C10H11NO. The first-order chi connectivity index (χ1) is 5.85. The van der Waals surface area contributed by atoms with Gasteiger partial charge in [0, 0.05) is 0 Å². The van der Waals surface area contributed by atoms with Gasteiger partial charge in [0.1, 0.15) is 5.76 Å². The summed E-state index contributed by atoms with van der Waals surface area (Å²) in [5, 5.41) is 8.17. The highest BCUT2D eigenvalue weighted by atomic mass is 16.5. The quantitative estimate of drug-likeness (QED) is 0.361. The molecule has 0 aromatic rings. The van der Waals surface area contributed by atoms with Crippen molar-refractivity contribution in [1.82, 2.24) is 0 Å². The van der Waals surface area contributed by atoms with Crippen molar-refractivity contribution >= 4 is 0 Å². The Bertz CT molecular complexity index is 254. The molecule has 0 saturated carbocycles. The van der Waals surface area contributed by atoms with Gasteiger partial charge in [-0.25, -0.2) is 0 Å². The van der Waals surface area contributed by atoms with E-state index in [1.807, 2.05) is 25.2 Å². The fraction of sp³-hybridized carbons (Fsp3) is 0.100. The number of hydrogen-bond donors (Lipinski definition) is 0. The molecule has 12 heavy (non-hydrogen) atoms. The normalized spacial score (nSPS) is 11.8. The van der Waals surface area contributed by atoms with Crippen LogP contribution in [0.5, 0.6) is 0 Å². The van der Waals surface area contributed by atoms with E-state index in [1.54, 1.807) is 18.4 Å². The van der Waals surface area contributed by atoms with Crippen molar-refractivity contribution in [2.24, 2.45) is 0 Å². The van der Waals surface area contributed by atoms with Gasteiger partial charge in [0.05, 0.1) is 0 Å². The summed E-state index contributed by atoms with van der Waals surface area (Å²) >= 11 is 0. The van der Waals surface area contributed by atoms with E-state index in [1.165, 1.54) is 6.08 Å². The number of ether oxygens (including phenoxy) is 1. The molecule has 0 amide bonds. The summed E-state index contributed by atoms with van der Waals surface area (Å²) in [5.41, 5.74) is 0. The second-order valence-electron chi connectivity index (χ2n) is 1.88. The van der Waals surface area contributed by atoms with Gasteiger partial charge in [0.2, 0.25) is 0 Å². The third-order valence-electron chi connectivity index (χ3n) is 1.04. The highest BCUT2D eigenvalue weighted by Gasteiger charge is 1.85. The van der Waals surface area contributed by atoms with E-state index in [4.69, 9.17) is 5.26 Å². The van der Waals surface area contributed by atoms with Gasteiger partial charge in [0.25, 0.3) is 6.26 Å². The average molecular weight is 161 g/mol. The zero-order valence-electron chi connectivity index (χ0n) is 7.03. The Balaban J connectivity index is 4.12. The Morgan fingerprint density at radius 2 is 2.17 bits per heavy atom. The van der Waals surface area contributed by atoms with Crippen molar-refractivity contribution in [2.75, 3.05) is 0 Å². The molecular weight excluding hydrogens is 150 g/mol. The minimum atomic E-state index is 0.443. The summed E-state index contributed by atoms with van der Waals surface area (Å²) in [6, 6.07) is 0. The molecule has 0 aliphatic carbocycles. The van der Waals surface area contributed by atoms with Crippen LogP contribution in [-0.2, 0) is 4.74 Å². The van der Waals surface area contributed by atoms with Crippen LogP contribution in [0.1, 0.15) is 6.92 Å². The van der Waals surface area contributed by atoms with Crippen LogP contribution >= 0.6 is 0 Å². The lowest BCUT2D eigenvalue weighted by Gasteiger charge is -1.90. The molecule has 0 aromatic carbocycles. The zero-order chi connectivity index (χ0) is 9.23. The van der Waals surface area contributed by atoms with E-state index in [0.29, 0.717) is 5.76 Å². The summed E-state index contributed by atoms with van der Waals surface area (Å²) in [4.78, 5) is 0. The maximum absolute atomic E-state index is 8.17. The number of nitriles is 1. The molecule has 0 N–H and O–H groups in total. The van der Waals surface area contributed by atoms with Crippen LogP contribution in [0.3, 0.4) is 0 Å². The van der Waals surface area contributed by atoms with Gasteiger partial charge < -0.3 is 4.74 Å². The van der Waals surface area contributed by atoms with Crippen molar-refractivity contribution in [1.29, 1.82) is 5.26 Å². The van der Waals surface area contributed by atoms with E-state index in [9.17, 15) is 0 Å². The number of rotatable bonds is 4. The molecule has 0 aliphatic heterocycles. The maximum Gasteiger partial charge on any atom is 0.292 e. The third kappa shape index (κ3) is 5.07. The summed E-state index contributed by atoms with van der Waals surface area (Å²) in [6.07, 6.45) is 12.1. The van der Waals surface area contributed by atoms with E-state index in [-0.39, 0.29) is 0 Å². The van der Waals surface area contributed by atoms with Crippen LogP contribution < -0.4 is 0 Å². The molecule has 0 radical (unpaired) electrons. The van der Waals surface area contributed by atoms with Gasteiger partial charge in [0.15, 0.2) is 0 Å². The molecule has 2 heteroatoms. The van der Waals surface area contributed by atoms with Gasteiger partial charge in [-0.05, 0) is 19.1 Å². The van der Waals surface area contributed by atoms with E-state index in [0.717, 1.165) is 0 Å². The minimum Gasteiger partial charge on any atom is -0.388 e. The van der Waals surface area contributed by atoms with Crippen LogP contribution in [0.4, 0.5) is 0 Å². The molecule has 0 aromatic heterocycles. The summed E-state index contributed by atoms with van der Waals surface area (Å²) in [5.74, 6) is 0.443. The minimum absolute atomic E-state index is 0.443. The fourth-order valence-electron chi connectivity index (χ4n) is 0.522. The third-order valence-corrected chi connectivity index (χ3v) is 1.04. The molecule has 2 nitrogen and oxygen atoms in total. The SMILES string of the molecule is C=C\C(=C/C=C\C=C/C)OC#N. The second kappa shape index (κ2) is 7.36. The van der Waals surface area contributed by atoms with E-state index in [2.05, 4.69) is 11.3 Å². The van der Waals surface area contributed by atoms with Crippen LogP contribution in [0, 0.1) is 11.5 Å². The Morgan fingerprint density at radius 1 is 1.42 bits per heavy atom. The molecule has 0 heterocycles. The smallest absolute Gasteiger partial charge is 0.292 e. The zero-order valence-corrected chi connectivity index (χ0v) is 7.03. The van der Waals surface area contributed by atoms with E-state index >= 15 is 0 Å². The van der Waals surface area contributed by atoms with Crippen LogP contribution in [0.2, 0.25) is 0 Å². The lowest BCUT2D eigenvalue weighted by atomic mass is 10.4. The predicted molar refractivity (Wildman–Crippen MR) is 48.9 cm³/mol. The average Bonchev–Trinajstić information content (AvgIpc) is 2.10. The van der Waals surface area contributed by atoms with Crippen molar-refractivity contribution in [3.8, 4) is 6.26 Å². The van der Waals surface area contributed by atoms with Gasteiger partial charge in [-0.2, -0.15) is 0 Å². The first-order valence-corrected chi connectivity index (χ1v) is 3.53. The molecule has 0 fully saturated rings. The second-order valence-corrected chi connectivity index (χ2v) is 1.88. The molecule has 62 valence electrons. The monoisotopic (exact) mass is 161 g/mol. The lowest BCUT2D eigenvalue weighted by molar-refractivity contribution is 0.393. The predicted octanol–water partition coefficient (Wildman–Crippen LogP) is 2.69. The van der Waals surface area contributed by atoms with Crippen LogP contribution in [-0.4, -0.2) is 0 Å². The summed E-state index contributed by atoms with van der Waals surface area (Å²) in [6.45, 7) is 5.41. The van der Waals surface area contributed by atoms with Crippen molar-refractivity contribution < 1.29 is 4.74 Å². The molecule has 0 aliphatic rings. The van der Waals surface area contributed by atoms with Crippen molar-refractivity contribution in [3.05, 3.63) is 48.8 Å². The molecule has 0 unspecified atom stereocenters. The highest BCUT2D eigenvalue weighted by Crippen LogP contribution is 1.97. The van der Waals surface area contributed by atoms with Gasteiger partial charge in [-0.3, -0.25) is 0 Å². The Kier molecular flexibility index (Phi) is 6.29. The number of hydrogen-bond acceptors (Lipinski definition) is 2. The lowest BCUT2D eigenvalue weighted by Crippen LogP contribution is -1.77. The Morgan fingerprint density at radius 3 is 2.67 bits per heavy atom. The summed E-state index contributed by atoms with van der Waals surface area (Å²) in [7, 11) is 0. The topological polar surface area (TPSA) is 33.0 Å². The van der Waals surface area contributed by atoms with Crippen LogP contribution in [0.25, 0.3) is 0 Å². The Hall–Kier alpha value is -1.75. The number of nitrogens with zero attached hydrogens (tertiary/aromatic N) is 1. The standard InChI is InChI=1S/C10H11NO/c1-3-5-6-7-8-10(4-2)12-9-11/h3-8H,2H2,1H3/b5-3-,7-6-,10-8+. The molecule has 0 spiro atoms. The largest absolute Gasteiger partial charge is 0.388 e. The highest BCUT2D eigenvalue weighted by molar-refractivity contribution is 5.19. The summed E-state index contributed by atoms with van der Waals surface area (Å²) < 4.78 is 4.54. The number of allylic oxidation sites excluding steroid dienone is 6. The first kappa shape index (κ1) is 10.2. The van der Waals surface area contributed by atoms with Gasteiger partial charge in [-0.15, -0.1) is 5.26 Å². The van der Waals surface area contributed by atoms with E-state index < -0.39 is 0 Å². The molecule has 0 saturated heterocycles.